The summed E-state index contributed by atoms with van der Waals surface area (Å²) in [5, 5.41) is 9.76. The van der Waals surface area contributed by atoms with Gasteiger partial charge >= 0.3 is 0 Å². The van der Waals surface area contributed by atoms with Gasteiger partial charge in [-0.3, -0.25) is 0 Å². The van der Waals surface area contributed by atoms with E-state index in [2.05, 4.69) is 0 Å². The smallest absolute Gasteiger partial charge is 0.161 e. The molecule has 4 heteroatoms. The predicted octanol–water partition coefficient (Wildman–Crippen LogP) is 1.08. The highest BCUT2D eigenvalue weighted by Gasteiger charge is 2.14. The van der Waals surface area contributed by atoms with Crippen molar-refractivity contribution in [3.8, 4) is 11.5 Å². The Morgan fingerprint density at radius 1 is 1.20 bits per heavy atom. The quantitative estimate of drug-likeness (QED) is 0.782. The zero-order valence-electron chi connectivity index (χ0n) is 9.23. The largest absolute Gasteiger partial charge is 0.493 e. The van der Waals surface area contributed by atoms with E-state index in [4.69, 9.17) is 15.2 Å². The minimum Gasteiger partial charge on any atom is -0.493 e. The van der Waals surface area contributed by atoms with Gasteiger partial charge in [-0.25, -0.2) is 0 Å². The van der Waals surface area contributed by atoms with Crippen molar-refractivity contribution < 1.29 is 14.6 Å². The summed E-state index contributed by atoms with van der Waals surface area (Å²) in [5.74, 6) is 1.23. The first kappa shape index (κ1) is 11.8. The van der Waals surface area contributed by atoms with Crippen molar-refractivity contribution >= 4 is 0 Å². The molecule has 1 aromatic rings. The van der Waals surface area contributed by atoms with Crippen LogP contribution in [0.1, 0.15) is 18.6 Å². The zero-order chi connectivity index (χ0) is 11.4. The standard InChI is InChI=1S/C11H17NO3/c1-7(12)11(13)8-4-5-9(14-2)10(6-8)15-3/h4-7,11,13H,12H2,1-3H3/t7-,11+/m0/s1. The summed E-state index contributed by atoms with van der Waals surface area (Å²) < 4.78 is 10.2. The van der Waals surface area contributed by atoms with E-state index in [-0.39, 0.29) is 6.04 Å². The fourth-order valence-corrected chi connectivity index (χ4v) is 1.34. The number of ether oxygens (including phenoxy) is 2. The Labute approximate surface area is 89.6 Å². The number of methoxy groups -OCH3 is 2. The molecule has 0 aliphatic rings. The lowest BCUT2D eigenvalue weighted by Crippen LogP contribution is -2.24. The SMILES string of the molecule is COc1ccc([C@H](O)[C@H](C)N)cc1OC. The molecule has 0 radical (unpaired) electrons. The number of benzene rings is 1. The number of hydrogen-bond acceptors (Lipinski definition) is 4. The van der Waals surface area contributed by atoms with Crippen molar-refractivity contribution in [1.82, 2.24) is 0 Å². The van der Waals surface area contributed by atoms with E-state index in [9.17, 15) is 5.11 Å². The molecule has 4 nitrogen and oxygen atoms in total. The molecule has 0 aliphatic heterocycles. The number of hydrogen-bond donors (Lipinski definition) is 2. The average Bonchev–Trinajstić information content (AvgIpc) is 2.26. The number of aliphatic hydroxyl groups excluding tert-OH is 1. The normalized spacial score (nSPS) is 14.5. The van der Waals surface area contributed by atoms with Crippen LogP contribution in [0.25, 0.3) is 0 Å². The molecule has 1 aromatic carbocycles. The van der Waals surface area contributed by atoms with Gasteiger partial charge in [0.2, 0.25) is 0 Å². The third kappa shape index (κ3) is 2.61. The molecule has 0 unspecified atom stereocenters. The van der Waals surface area contributed by atoms with Crippen molar-refractivity contribution in [2.45, 2.75) is 19.1 Å². The van der Waals surface area contributed by atoms with Crippen LogP contribution >= 0.6 is 0 Å². The summed E-state index contributed by atoms with van der Waals surface area (Å²) in [6.45, 7) is 1.75. The highest BCUT2D eigenvalue weighted by atomic mass is 16.5. The molecule has 3 N–H and O–H groups in total. The fourth-order valence-electron chi connectivity index (χ4n) is 1.34. The van der Waals surface area contributed by atoms with Gasteiger partial charge in [0, 0.05) is 6.04 Å². The maximum atomic E-state index is 9.76. The first-order chi connectivity index (χ1) is 7.10. The van der Waals surface area contributed by atoms with Crippen LogP contribution in [0.5, 0.6) is 11.5 Å². The van der Waals surface area contributed by atoms with Crippen molar-refractivity contribution in [3.63, 3.8) is 0 Å². The van der Waals surface area contributed by atoms with Crippen LogP contribution in [0.3, 0.4) is 0 Å². The van der Waals surface area contributed by atoms with Crippen LogP contribution in [0.4, 0.5) is 0 Å². The summed E-state index contributed by atoms with van der Waals surface area (Å²) in [6, 6.07) is 4.94. The van der Waals surface area contributed by atoms with E-state index in [1.54, 1.807) is 39.3 Å². The second-order valence-electron chi connectivity index (χ2n) is 3.42. The van der Waals surface area contributed by atoms with Crippen LogP contribution in [0.2, 0.25) is 0 Å². The van der Waals surface area contributed by atoms with E-state index in [0.29, 0.717) is 11.5 Å². The molecule has 1 rings (SSSR count). The highest BCUT2D eigenvalue weighted by Crippen LogP contribution is 2.30. The van der Waals surface area contributed by atoms with Crippen LogP contribution in [0, 0.1) is 0 Å². The zero-order valence-corrected chi connectivity index (χ0v) is 9.23. The Hall–Kier alpha value is -1.26. The van der Waals surface area contributed by atoms with Crippen molar-refractivity contribution in [1.29, 1.82) is 0 Å². The van der Waals surface area contributed by atoms with Gasteiger partial charge in [-0.2, -0.15) is 0 Å². The Bertz CT molecular complexity index is 326. The fraction of sp³-hybridized carbons (Fsp3) is 0.455. The lowest BCUT2D eigenvalue weighted by molar-refractivity contribution is 0.153. The van der Waals surface area contributed by atoms with Crippen molar-refractivity contribution in [2.24, 2.45) is 5.73 Å². The molecular weight excluding hydrogens is 194 g/mol. The van der Waals surface area contributed by atoms with Crippen molar-refractivity contribution in [3.05, 3.63) is 23.8 Å². The molecule has 0 spiro atoms. The van der Waals surface area contributed by atoms with Gasteiger partial charge in [-0.1, -0.05) is 6.07 Å². The minimum atomic E-state index is -0.690. The first-order valence-electron chi connectivity index (χ1n) is 4.75. The monoisotopic (exact) mass is 211 g/mol. The summed E-state index contributed by atoms with van der Waals surface area (Å²) >= 11 is 0. The Kier molecular flexibility index (Phi) is 3.94. The van der Waals surface area contributed by atoms with Gasteiger partial charge < -0.3 is 20.3 Å². The molecule has 84 valence electrons. The molecule has 15 heavy (non-hydrogen) atoms. The first-order valence-corrected chi connectivity index (χ1v) is 4.75. The van der Waals surface area contributed by atoms with Crippen molar-refractivity contribution in [2.75, 3.05) is 14.2 Å². The number of aliphatic hydroxyl groups is 1. The molecular formula is C11H17NO3. The molecule has 0 aliphatic carbocycles. The molecule has 0 fully saturated rings. The average molecular weight is 211 g/mol. The lowest BCUT2D eigenvalue weighted by Gasteiger charge is -2.16. The molecule has 0 saturated heterocycles. The summed E-state index contributed by atoms with van der Waals surface area (Å²) in [4.78, 5) is 0. The molecule has 0 aromatic heterocycles. The van der Waals surface area contributed by atoms with Gasteiger partial charge in [0.1, 0.15) is 0 Å². The van der Waals surface area contributed by atoms with Gasteiger partial charge in [-0.15, -0.1) is 0 Å². The van der Waals surface area contributed by atoms with E-state index < -0.39 is 6.10 Å². The van der Waals surface area contributed by atoms with Gasteiger partial charge in [0.25, 0.3) is 0 Å². The van der Waals surface area contributed by atoms with Gasteiger partial charge in [0.05, 0.1) is 20.3 Å². The number of rotatable bonds is 4. The van der Waals surface area contributed by atoms with Crippen LogP contribution in [-0.4, -0.2) is 25.4 Å². The lowest BCUT2D eigenvalue weighted by atomic mass is 10.0. The van der Waals surface area contributed by atoms with Crippen LogP contribution < -0.4 is 15.2 Å². The number of nitrogens with two attached hydrogens (primary N) is 1. The van der Waals surface area contributed by atoms with E-state index in [0.717, 1.165) is 5.56 Å². The van der Waals surface area contributed by atoms with Gasteiger partial charge in [-0.05, 0) is 24.6 Å². The summed E-state index contributed by atoms with van der Waals surface area (Å²) in [5.41, 5.74) is 6.33. The summed E-state index contributed by atoms with van der Waals surface area (Å²) in [6.07, 6.45) is -0.690. The molecule has 0 amide bonds. The van der Waals surface area contributed by atoms with E-state index in [1.807, 2.05) is 0 Å². The van der Waals surface area contributed by atoms with Crippen LogP contribution in [-0.2, 0) is 0 Å². The third-order valence-electron chi connectivity index (χ3n) is 2.25. The predicted molar refractivity (Wildman–Crippen MR) is 58.2 cm³/mol. The highest BCUT2D eigenvalue weighted by molar-refractivity contribution is 5.43. The molecule has 0 heterocycles. The van der Waals surface area contributed by atoms with E-state index >= 15 is 0 Å². The second-order valence-corrected chi connectivity index (χ2v) is 3.42. The Balaban J connectivity index is 3.02. The van der Waals surface area contributed by atoms with Crippen LogP contribution in [0.15, 0.2) is 18.2 Å². The molecule has 0 saturated carbocycles. The third-order valence-corrected chi connectivity index (χ3v) is 2.25. The Morgan fingerprint density at radius 3 is 2.27 bits per heavy atom. The minimum absolute atomic E-state index is 0.317. The molecule has 2 atom stereocenters. The summed E-state index contributed by atoms with van der Waals surface area (Å²) in [7, 11) is 3.12. The Morgan fingerprint density at radius 2 is 1.80 bits per heavy atom. The molecule has 0 bridgehead atoms. The van der Waals surface area contributed by atoms with Gasteiger partial charge in [0.15, 0.2) is 11.5 Å². The maximum Gasteiger partial charge on any atom is 0.161 e. The topological polar surface area (TPSA) is 64.7 Å². The second kappa shape index (κ2) is 5.00. The van der Waals surface area contributed by atoms with E-state index in [1.165, 1.54) is 0 Å². The maximum absolute atomic E-state index is 9.76.